The third kappa shape index (κ3) is 4.17. The average Bonchev–Trinajstić information content (AvgIpc) is 2.66. The van der Waals surface area contributed by atoms with E-state index < -0.39 is 35.1 Å². The van der Waals surface area contributed by atoms with Gasteiger partial charge in [0.1, 0.15) is 11.5 Å². The van der Waals surface area contributed by atoms with Crippen molar-refractivity contribution in [1.82, 2.24) is 10.3 Å². The summed E-state index contributed by atoms with van der Waals surface area (Å²) in [7, 11) is 0. The van der Waals surface area contributed by atoms with Gasteiger partial charge in [-0.15, -0.1) is 0 Å². The maximum absolute atomic E-state index is 13.8. The van der Waals surface area contributed by atoms with Crippen LogP contribution in [0.25, 0.3) is 0 Å². The molecule has 9 heteroatoms. The summed E-state index contributed by atoms with van der Waals surface area (Å²) >= 11 is 0. The van der Waals surface area contributed by atoms with Gasteiger partial charge in [0, 0.05) is 25.6 Å². The van der Waals surface area contributed by atoms with Gasteiger partial charge >= 0.3 is 0 Å². The molecule has 1 aliphatic heterocycles. The van der Waals surface area contributed by atoms with Crippen molar-refractivity contribution in [3.05, 3.63) is 59.2 Å². The van der Waals surface area contributed by atoms with Gasteiger partial charge in [0.25, 0.3) is 11.9 Å². The smallest absolute Gasteiger partial charge is 0.253 e. The van der Waals surface area contributed by atoms with Crippen molar-refractivity contribution < 1.29 is 26.7 Å². The van der Waals surface area contributed by atoms with E-state index in [1.54, 1.807) is 12.1 Å². The number of amides is 1. The van der Waals surface area contributed by atoms with Crippen molar-refractivity contribution in [2.75, 3.05) is 18.0 Å². The number of hydrogen-bond donors (Lipinski definition) is 1. The highest BCUT2D eigenvalue weighted by Crippen LogP contribution is 2.30. The standard InChI is InChI=1S/C18H16F5N3O/c19-12-3-1-10(2-4-12)9-24-18(27)11-5-7-26(8-6-11)15-13(20)16(22)25-17(23)14(15)21/h1-4,11H,5-9H2,(H,24,27). The Morgan fingerprint density at radius 2 is 1.56 bits per heavy atom. The molecule has 0 spiro atoms. The SMILES string of the molecule is O=C(NCc1ccc(F)cc1)C1CCN(c2c(F)c(F)nc(F)c2F)CC1. The second kappa shape index (κ2) is 7.89. The molecule has 4 nitrogen and oxygen atoms in total. The summed E-state index contributed by atoms with van der Waals surface area (Å²) in [6.45, 7) is 0.347. The molecule has 27 heavy (non-hydrogen) atoms. The molecular weight excluding hydrogens is 369 g/mol. The fourth-order valence-corrected chi connectivity index (χ4v) is 3.05. The predicted molar refractivity (Wildman–Crippen MR) is 87.3 cm³/mol. The number of anilines is 1. The quantitative estimate of drug-likeness (QED) is 0.649. The summed E-state index contributed by atoms with van der Waals surface area (Å²) in [6.07, 6.45) is 0.527. The molecule has 0 aliphatic carbocycles. The third-order valence-electron chi connectivity index (χ3n) is 4.54. The van der Waals surface area contributed by atoms with Crippen LogP contribution in [-0.4, -0.2) is 24.0 Å². The van der Waals surface area contributed by atoms with E-state index in [4.69, 9.17) is 0 Å². The minimum Gasteiger partial charge on any atom is -0.366 e. The van der Waals surface area contributed by atoms with E-state index in [9.17, 15) is 26.7 Å². The fraction of sp³-hybridized carbons (Fsp3) is 0.333. The Bertz CT molecular complexity index is 810. The summed E-state index contributed by atoms with van der Waals surface area (Å²) in [6, 6.07) is 5.68. The molecule has 144 valence electrons. The lowest BCUT2D eigenvalue weighted by Crippen LogP contribution is -2.41. The first-order valence-electron chi connectivity index (χ1n) is 8.34. The van der Waals surface area contributed by atoms with Crippen LogP contribution >= 0.6 is 0 Å². The second-order valence-electron chi connectivity index (χ2n) is 6.28. The van der Waals surface area contributed by atoms with E-state index in [0.29, 0.717) is 0 Å². The molecule has 0 saturated carbocycles. The first kappa shape index (κ1) is 19.1. The monoisotopic (exact) mass is 385 g/mol. The van der Waals surface area contributed by atoms with Gasteiger partial charge in [-0.25, -0.2) is 4.39 Å². The molecule has 1 amide bonds. The number of carbonyl (C=O) groups is 1. The van der Waals surface area contributed by atoms with Gasteiger partial charge in [-0.05, 0) is 30.5 Å². The van der Waals surface area contributed by atoms with Crippen LogP contribution in [0.15, 0.2) is 24.3 Å². The molecule has 2 aromatic rings. The van der Waals surface area contributed by atoms with Crippen LogP contribution in [-0.2, 0) is 11.3 Å². The van der Waals surface area contributed by atoms with Gasteiger partial charge in [-0.1, -0.05) is 12.1 Å². The number of nitrogens with one attached hydrogen (secondary N) is 1. The maximum Gasteiger partial charge on any atom is 0.253 e. The summed E-state index contributed by atoms with van der Waals surface area (Å²) in [4.78, 5) is 15.9. The molecule has 1 N–H and O–H groups in total. The Kier molecular flexibility index (Phi) is 5.57. The van der Waals surface area contributed by atoms with Crippen LogP contribution in [0.4, 0.5) is 27.6 Å². The van der Waals surface area contributed by atoms with Crippen molar-refractivity contribution in [3.8, 4) is 0 Å². The number of hydrogen-bond acceptors (Lipinski definition) is 3. The lowest BCUT2D eigenvalue weighted by atomic mass is 9.95. The van der Waals surface area contributed by atoms with E-state index >= 15 is 0 Å². The molecule has 0 radical (unpaired) electrons. The van der Waals surface area contributed by atoms with Crippen molar-refractivity contribution in [2.24, 2.45) is 5.92 Å². The number of rotatable bonds is 4. The molecule has 0 unspecified atom stereocenters. The summed E-state index contributed by atoms with van der Waals surface area (Å²) in [5.41, 5.74) is -0.0702. The fourth-order valence-electron chi connectivity index (χ4n) is 3.05. The first-order chi connectivity index (χ1) is 12.9. The lowest BCUT2D eigenvalue weighted by molar-refractivity contribution is -0.125. The number of pyridine rings is 1. The number of piperidine rings is 1. The molecular formula is C18H16F5N3O. The summed E-state index contributed by atoms with van der Waals surface area (Å²) < 4.78 is 67.0. The van der Waals surface area contributed by atoms with Gasteiger partial charge in [0.15, 0.2) is 0 Å². The van der Waals surface area contributed by atoms with Crippen molar-refractivity contribution in [3.63, 3.8) is 0 Å². The maximum atomic E-state index is 13.8. The summed E-state index contributed by atoms with van der Waals surface area (Å²) in [5.74, 6) is -7.52. The van der Waals surface area contributed by atoms with E-state index in [1.807, 2.05) is 0 Å². The van der Waals surface area contributed by atoms with E-state index in [2.05, 4.69) is 10.3 Å². The zero-order valence-electron chi connectivity index (χ0n) is 14.1. The predicted octanol–water partition coefficient (Wildman–Crippen LogP) is 3.31. The Hall–Kier alpha value is -2.71. The van der Waals surface area contributed by atoms with E-state index in [0.717, 1.165) is 5.56 Å². The highest BCUT2D eigenvalue weighted by atomic mass is 19.2. The molecule has 3 rings (SSSR count). The normalized spacial score (nSPS) is 15.1. The Morgan fingerprint density at radius 1 is 1.00 bits per heavy atom. The van der Waals surface area contributed by atoms with Gasteiger partial charge < -0.3 is 10.2 Å². The molecule has 2 heterocycles. The van der Waals surface area contributed by atoms with Gasteiger partial charge in [0.2, 0.25) is 17.5 Å². The van der Waals surface area contributed by atoms with E-state index in [1.165, 1.54) is 17.0 Å². The number of nitrogens with zero attached hydrogens (tertiary/aromatic N) is 2. The Morgan fingerprint density at radius 3 is 2.11 bits per heavy atom. The van der Waals surface area contributed by atoms with Gasteiger partial charge in [0.05, 0.1) is 0 Å². The first-order valence-corrected chi connectivity index (χ1v) is 8.34. The third-order valence-corrected chi connectivity index (χ3v) is 4.54. The number of aromatic nitrogens is 1. The molecule has 1 fully saturated rings. The van der Waals surface area contributed by atoms with Crippen LogP contribution in [0, 0.1) is 35.3 Å². The van der Waals surface area contributed by atoms with Crippen molar-refractivity contribution >= 4 is 11.6 Å². The highest BCUT2D eigenvalue weighted by molar-refractivity contribution is 5.79. The number of benzene rings is 1. The highest BCUT2D eigenvalue weighted by Gasteiger charge is 2.30. The van der Waals surface area contributed by atoms with Crippen LogP contribution in [0.2, 0.25) is 0 Å². The van der Waals surface area contributed by atoms with Crippen molar-refractivity contribution in [2.45, 2.75) is 19.4 Å². The molecule has 1 aliphatic rings. The largest absolute Gasteiger partial charge is 0.366 e. The minimum atomic E-state index is -1.71. The zero-order chi connectivity index (χ0) is 19.6. The second-order valence-corrected chi connectivity index (χ2v) is 6.28. The van der Waals surface area contributed by atoms with Gasteiger partial charge in [-0.2, -0.15) is 22.5 Å². The molecule has 0 atom stereocenters. The Balaban J connectivity index is 1.59. The summed E-state index contributed by atoms with van der Waals surface area (Å²) in [5, 5.41) is 2.73. The Labute approximate surface area is 152 Å². The minimum absolute atomic E-state index is 0.0609. The molecule has 0 bridgehead atoms. The molecule has 1 aromatic heterocycles. The van der Waals surface area contributed by atoms with Crippen LogP contribution in [0.5, 0.6) is 0 Å². The number of halogens is 5. The lowest BCUT2D eigenvalue weighted by Gasteiger charge is -2.33. The van der Waals surface area contributed by atoms with Crippen LogP contribution < -0.4 is 10.2 Å². The molecule has 1 aromatic carbocycles. The van der Waals surface area contributed by atoms with Crippen LogP contribution in [0.3, 0.4) is 0 Å². The molecule has 1 saturated heterocycles. The van der Waals surface area contributed by atoms with Gasteiger partial charge in [-0.3, -0.25) is 4.79 Å². The average molecular weight is 385 g/mol. The van der Waals surface area contributed by atoms with Crippen molar-refractivity contribution in [1.29, 1.82) is 0 Å². The van der Waals surface area contributed by atoms with Crippen LogP contribution in [0.1, 0.15) is 18.4 Å². The topological polar surface area (TPSA) is 45.2 Å². The van der Waals surface area contributed by atoms with E-state index in [-0.39, 0.29) is 44.2 Å². The zero-order valence-corrected chi connectivity index (χ0v) is 14.1. The number of carbonyl (C=O) groups excluding carboxylic acids is 1.